The molecule has 140 valence electrons. The molecular weight excluding hydrogens is 369 g/mol. The summed E-state index contributed by atoms with van der Waals surface area (Å²) in [7, 11) is 0. The molecule has 0 bridgehead atoms. The van der Waals surface area contributed by atoms with Crippen molar-refractivity contribution in [1.29, 1.82) is 0 Å². The van der Waals surface area contributed by atoms with Gasteiger partial charge in [-0.1, -0.05) is 17.3 Å². The van der Waals surface area contributed by atoms with Crippen molar-refractivity contribution >= 4 is 12.4 Å². The topological polar surface area (TPSA) is 56.1 Å². The van der Waals surface area contributed by atoms with Crippen molar-refractivity contribution in [3.63, 3.8) is 0 Å². The van der Waals surface area contributed by atoms with Gasteiger partial charge in [0.1, 0.15) is 11.5 Å². The van der Waals surface area contributed by atoms with Gasteiger partial charge in [-0.05, 0) is 29.8 Å². The van der Waals surface area contributed by atoms with Crippen LogP contribution in [0.1, 0.15) is 17.3 Å². The van der Waals surface area contributed by atoms with Crippen molar-refractivity contribution in [2.45, 2.75) is 25.3 Å². The van der Waals surface area contributed by atoms with Crippen LogP contribution in [0.3, 0.4) is 0 Å². The first-order valence-corrected chi connectivity index (χ1v) is 8.71. The maximum atomic E-state index is 14.2. The van der Waals surface area contributed by atoms with Crippen LogP contribution in [0.2, 0.25) is 0 Å². The Hall–Kier alpha value is -2.35. The van der Waals surface area contributed by atoms with Gasteiger partial charge in [-0.2, -0.15) is 0 Å². The van der Waals surface area contributed by atoms with E-state index < -0.39 is 0 Å². The number of pyridine rings is 1. The molecule has 2 aromatic heterocycles. The van der Waals surface area contributed by atoms with E-state index in [1.807, 2.05) is 35.3 Å². The van der Waals surface area contributed by atoms with Gasteiger partial charge in [-0.15, -0.1) is 17.5 Å². The summed E-state index contributed by atoms with van der Waals surface area (Å²) in [4.78, 5) is 6.42. The third kappa shape index (κ3) is 3.22. The zero-order valence-electron chi connectivity index (χ0n) is 14.5. The van der Waals surface area contributed by atoms with Crippen molar-refractivity contribution in [1.82, 2.24) is 24.9 Å². The summed E-state index contributed by atoms with van der Waals surface area (Å²) < 4.78 is 22.2. The van der Waals surface area contributed by atoms with Crippen molar-refractivity contribution < 1.29 is 9.13 Å². The van der Waals surface area contributed by atoms with E-state index in [2.05, 4.69) is 20.2 Å². The Morgan fingerprint density at radius 3 is 2.74 bits per heavy atom. The lowest BCUT2D eigenvalue weighted by Gasteiger charge is -2.26. The van der Waals surface area contributed by atoms with E-state index in [0.29, 0.717) is 17.9 Å². The van der Waals surface area contributed by atoms with Crippen LogP contribution < -0.4 is 0 Å². The van der Waals surface area contributed by atoms with Crippen LogP contribution in [0, 0.1) is 5.82 Å². The molecule has 5 rings (SSSR count). The number of rotatable bonds is 3. The molecule has 1 fully saturated rings. The molecule has 2 atom stereocenters. The highest BCUT2D eigenvalue weighted by atomic mass is 35.5. The molecule has 0 saturated carbocycles. The van der Waals surface area contributed by atoms with E-state index in [4.69, 9.17) is 4.74 Å². The van der Waals surface area contributed by atoms with Crippen LogP contribution >= 0.6 is 12.4 Å². The molecule has 8 heteroatoms. The predicted molar refractivity (Wildman–Crippen MR) is 99.8 cm³/mol. The lowest BCUT2D eigenvalue weighted by atomic mass is 10.1. The standard InChI is InChI=1S/C19H18FN5O.ClH/c20-15-4-2-1-3-14(15)19-17-12-26-18-11-24(9-13-5-7-21-8-6-13)10-16(18)25(17)23-22-19;/h1-8,16,18H,9-12H2;1H/t16-,18+;/m0./s1. The molecule has 0 unspecified atom stereocenters. The summed E-state index contributed by atoms with van der Waals surface area (Å²) in [5, 5.41) is 8.61. The number of hydrogen-bond donors (Lipinski definition) is 0. The van der Waals surface area contributed by atoms with Gasteiger partial charge in [0, 0.05) is 37.6 Å². The van der Waals surface area contributed by atoms with Crippen LogP contribution in [-0.2, 0) is 17.9 Å². The summed E-state index contributed by atoms with van der Waals surface area (Å²) in [6.45, 7) is 2.94. The van der Waals surface area contributed by atoms with Gasteiger partial charge in [0.05, 0.1) is 24.4 Å². The Bertz CT molecular complexity index is 935. The molecule has 1 saturated heterocycles. The Morgan fingerprint density at radius 1 is 1.11 bits per heavy atom. The minimum absolute atomic E-state index is 0. The maximum absolute atomic E-state index is 14.2. The fourth-order valence-electron chi connectivity index (χ4n) is 3.87. The normalized spacial score (nSPS) is 21.4. The molecular formula is C19H19ClFN5O. The van der Waals surface area contributed by atoms with E-state index in [9.17, 15) is 4.39 Å². The smallest absolute Gasteiger partial charge is 0.132 e. The first kappa shape index (κ1) is 18.0. The van der Waals surface area contributed by atoms with Gasteiger partial charge < -0.3 is 4.74 Å². The van der Waals surface area contributed by atoms with Gasteiger partial charge in [-0.25, -0.2) is 9.07 Å². The van der Waals surface area contributed by atoms with Gasteiger partial charge in [0.15, 0.2) is 0 Å². The van der Waals surface area contributed by atoms with Crippen molar-refractivity contribution in [3.05, 3.63) is 65.9 Å². The third-order valence-electron chi connectivity index (χ3n) is 5.14. The molecule has 27 heavy (non-hydrogen) atoms. The van der Waals surface area contributed by atoms with E-state index in [1.54, 1.807) is 12.1 Å². The summed E-state index contributed by atoms with van der Waals surface area (Å²) in [5.74, 6) is -0.288. The maximum Gasteiger partial charge on any atom is 0.132 e. The zero-order chi connectivity index (χ0) is 17.5. The van der Waals surface area contributed by atoms with Crippen molar-refractivity contribution in [2.24, 2.45) is 0 Å². The molecule has 0 radical (unpaired) electrons. The van der Waals surface area contributed by atoms with Crippen LogP contribution in [-0.4, -0.2) is 44.1 Å². The highest BCUT2D eigenvalue weighted by Gasteiger charge is 2.40. The highest BCUT2D eigenvalue weighted by molar-refractivity contribution is 5.85. The van der Waals surface area contributed by atoms with Crippen molar-refractivity contribution in [3.8, 4) is 11.3 Å². The Labute approximate surface area is 162 Å². The molecule has 1 aromatic carbocycles. The Morgan fingerprint density at radius 2 is 1.93 bits per heavy atom. The highest BCUT2D eigenvalue weighted by Crippen LogP contribution is 2.35. The first-order valence-electron chi connectivity index (χ1n) is 8.71. The van der Waals surface area contributed by atoms with Gasteiger partial charge in [0.2, 0.25) is 0 Å². The minimum atomic E-state index is -0.288. The number of fused-ring (bicyclic) bond motifs is 3. The molecule has 2 aliphatic heterocycles. The number of hydrogen-bond acceptors (Lipinski definition) is 5. The van der Waals surface area contributed by atoms with E-state index in [1.165, 1.54) is 11.6 Å². The number of halogens is 2. The summed E-state index contributed by atoms with van der Waals surface area (Å²) in [6, 6.07) is 10.8. The van der Waals surface area contributed by atoms with E-state index in [0.717, 1.165) is 25.3 Å². The lowest BCUT2D eigenvalue weighted by molar-refractivity contribution is -0.00494. The Kier molecular flexibility index (Phi) is 4.90. The second-order valence-electron chi connectivity index (χ2n) is 6.78. The number of likely N-dealkylation sites (tertiary alicyclic amines) is 1. The largest absolute Gasteiger partial charge is 0.368 e. The predicted octanol–water partition coefficient (Wildman–Crippen LogP) is 2.86. The molecule has 0 aliphatic carbocycles. The zero-order valence-corrected chi connectivity index (χ0v) is 15.3. The Balaban J connectivity index is 0.00000180. The SMILES string of the molecule is Cl.Fc1ccccc1-c1nnn2c1CO[C@@H]1CN(Cc3ccncc3)C[C@@H]12. The van der Waals surface area contributed by atoms with E-state index >= 15 is 0 Å². The van der Waals surface area contributed by atoms with Crippen LogP contribution in [0.4, 0.5) is 4.39 Å². The molecule has 0 spiro atoms. The number of ether oxygens (including phenoxy) is 1. The second-order valence-corrected chi connectivity index (χ2v) is 6.78. The molecule has 4 heterocycles. The number of benzene rings is 1. The fourth-order valence-corrected chi connectivity index (χ4v) is 3.87. The molecule has 2 aliphatic rings. The fraction of sp³-hybridized carbons (Fsp3) is 0.316. The summed E-state index contributed by atoms with van der Waals surface area (Å²) in [6.07, 6.45) is 3.70. The average molecular weight is 388 g/mol. The first-order chi connectivity index (χ1) is 12.8. The molecule has 3 aromatic rings. The van der Waals surface area contributed by atoms with E-state index in [-0.39, 0.29) is 30.4 Å². The van der Waals surface area contributed by atoms with Crippen LogP contribution in [0.5, 0.6) is 0 Å². The van der Waals surface area contributed by atoms with Gasteiger partial charge in [0.25, 0.3) is 0 Å². The van der Waals surface area contributed by atoms with Gasteiger partial charge in [-0.3, -0.25) is 9.88 Å². The van der Waals surface area contributed by atoms with Crippen LogP contribution in [0.15, 0.2) is 48.8 Å². The number of aromatic nitrogens is 4. The third-order valence-corrected chi connectivity index (χ3v) is 5.14. The summed E-state index contributed by atoms with van der Waals surface area (Å²) >= 11 is 0. The van der Waals surface area contributed by atoms with Crippen LogP contribution in [0.25, 0.3) is 11.3 Å². The molecule has 0 N–H and O–H groups in total. The monoisotopic (exact) mass is 387 g/mol. The molecule has 6 nitrogen and oxygen atoms in total. The minimum Gasteiger partial charge on any atom is -0.368 e. The summed E-state index contributed by atoms with van der Waals surface area (Å²) in [5.41, 5.74) is 3.13. The second kappa shape index (κ2) is 7.34. The average Bonchev–Trinajstić information content (AvgIpc) is 3.26. The van der Waals surface area contributed by atoms with Gasteiger partial charge >= 0.3 is 0 Å². The quantitative estimate of drug-likeness (QED) is 0.691. The number of nitrogens with zero attached hydrogens (tertiary/aromatic N) is 5. The molecule has 0 amide bonds. The van der Waals surface area contributed by atoms with Crippen molar-refractivity contribution in [2.75, 3.05) is 13.1 Å². The lowest BCUT2D eigenvalue weighted by Crippen LogP contribution is -2.32.